The maximum absolute atomic E-state index is 12.3. The fraction of sp³-hybridized carbons (Fsp3) is 0.182. The molecule has 2 aromatic heterocycles. The van der Waals surface area contributed by atoms with E-state index in [9.17, 15) is 26.4 Å². The van der Waals surface area contributed by atoms with Gasteiger partial charge in [0.25, 0.3) is 31.4 Å². The Morgan fingerprint density at radius 1 is 0.611 bits per heavy atom. The van der Waals surface area contributed by atoms with Gasteiger partial charge < -0.3 is 0 Å². The quantitative estimate of drug-likeness (QED) is 0.185. The van der Waals surface area contributed by atoms with Crippen LogP contribution in [-0.2, 0) is 33.1 Å². The molecule has 12 nitrogen and oxygen atoms in total. The predicted octanol–water partition coefficient (Wildman–Crippen LogP) is 1.70. The van der Waals surface area contributed by atoms with Gasteiger partial charge in [0, 0.05) is 23.5 Å². The second kappa shape index (κ2) is 9.73. The van der Waals surface area contributed by atoms with E-state index in [0.29, 0.717) is 48.4 Å². The maximum Gasteiger partial charge on any atom is 0.294 e. The summed E-state index contributed by atoms with van der Waals surface area (Å²) >= 11 is 0. The monoisotopic (exact) mass is 534 g/mol. The minimum atomic E-state index is -4.32. The summed E-state index contributed by atoms with van der Waals surface area (Å²) in [5.74, 6) is 0. The number of hydrogen-bond acceptors (Lipinski definition) is 6. The van der Waals surface area contributed by atoms with Crippen LogP contribution in [0.5, 0.6) is 0 Å². The van der Waals surface area contributed by atoms with Gasteiger partial charge in [0.05, 0.1) is 21.2 Å². The average molecular weight is 535 g/mol. The summed E-state index contributed by atoms with van der Waals surface area (Å²) in [6.45, 7) is 0. The molecule has 0 saturated heterocycles. The zero-order valence-electron chi connectivity index (χ0n) is 18.7. The van der Waals surface area contributed by atoms with Crippen LogP contribution in [0.15, 0.2) is 80.0 Å². The van der Waals surface area contributed by atoms with Gasteiger partial charge in [-0.15, -0.1) is 0 Å². The lowest BCUT2D eigenvalue weighted by Gasteiger charge is -2.04. The van der Waals surface area contributed by atoms with E-state index in [2.05, 4.69) is 10.2 Å². The smallest absolute Gasteiger partial charge is 0.294 e. The molecule has 0 radical (unpaired) electrons. The first kappa shape index (κ1) is 25.4. The van der Waals surface area contributed by atoms with Crippen molar-refractivity contribution in [2.24, 2.45) is 0 Å². The van der Waals surface area contributed by atoms with Gasteiger partial charge in [-0.05, 0) is 74.2 Å². The van der Waals surface area contributed by atoms with Gasteiger partial charge >= 0.3 is 0 Å². The van der Waals surface area contributed by atoms with E-state index < -0.39 is 20.2 Å². The first-order valence-corrected chi connectivity index (χ1v) is 13.6. The molecule has 0 amide bonds. The molecule has 0 atom stereocenters. The predicted molar refractivity (Wildman–Crippen MR) is 129 cm³/mol. The highest BCUT2D eigenvalue weighted by Crippen LogP contribution is 2.14. The summed E-state index contributed by atoms with van der Waals surface area (Å²) in [6, 6.07) is 13.3. The van der Waals surface area contributed by atoms with Gasteiger partial charge in [-0.3, -0.25) is 28.9 Å². The van der Waals surface area contributed by atoms with Gasteiger partial charge in [-0.1, -0.05) is 0 Å². The van der Waals surface area contributed by atoms with Gasteiger partial charge in [0.1, 0.15) is 0 Å². The highest BCUT2D eigenvalue weighted by atomic mass is 32.2. The lowest BCUT2D eigenvalue weighted by molar-refractivity contribution is 0.481. The van der Waals surface area contributed by atoms with Crippen molar-refractivity contribution in [1.82, 2.24) is 19.6 Å². The van der Waals surface area contributed by atoms with Gasteiger partial charge in [0.15, 0.2) is 0 Å². The van der Waals surface area contributed by atoms with Crippen LogP contribution >= 0.6 is 0 Å². The first-order chi connectivity index (χ1) is 16.9. The Labute approximate surface area is 205 Å². The van der Waals surface area contributed by atoms with E-state index in [1.807, 2.05) is 0 Å². The van der Waals surface area contributed by atoms with Crippen molar-refractivity contribution < 1.29 is 25.9 Å². The Kier molecular flexibility index (Phi) is 6.86. The van der Waals surface area contributed by atoms with Crippen molar-refractivity contribution in [2.45, 2.75) is 35.5 Å². The number of benzene rings is 2. The molecule has 4 rings (SSSR count). The molecule has 0 fully saturated rings. The normalized spacial score (nSPS) is 12.2. The molecular formula is C22H22N4O8S2. The first-order valence-electron chi connectivity index (χ1n) is 10.7. The van der Waals surface area contributed by atoms with Gasteiger partial charge in [-0.25, -0.2) is 9.36 Å². The summed E-state index contributed by atoms with van der Waals surface area (Å²) in [4.78, 5) is 24.1. The summed E-state index contributed by atoms with van der Waals surface area (Å²) < 4.78 is 65.4. The minimum absolute atomic E-state index is 0.270. The summed E-state index contributed by atoms with van der Waals surface area (Å²) in [6.07, 6.45) is 2.54. The maximum atomic E-state index is 12.3. The average Bonchev–Trinajstić information content (AvgIpc) is 3.37. The van der Waals surface area contributed by atoms with Crippen molar-refractivity contribution in [3.05, 3.63) is 92.8 Å². The zero-order chi connectivity index (χ0) is 26.1. The Morgan fingerprint density at radius 2 is 0.944 bits per heavy atom. The Bertz CT molecular complexity index is 1580. The second-order valence-electron chi connectivity index (χ2n) is 8.06. The number of aromatic amines is 2. The standard InChI is InChI=1S/C22H22N4O8S2/c27-21-13-15(23-25(21)17-5-9-19(10-6-17)35(29,30)31)3-1-2-4-16-14-22(28)26(24-16)18-7-11-20(12-8-18)36(32,33)34/h5-14,23-24H,1-4H2,(H,29,30,31)(H,32,33,34). The largest absolute Gasteiger partial charge is 0.295 e. The molecule has 2 heterocycles. The van der Waals surface area contributed by atoms with E-state index in [1.54, 1.807) is 0 Å². The van der Waals surface area contributed by atoms with E-state index >= 15 is 0 Å². The third kappa shape index (κ3) is 5.73. The fourth-order valence-corrected chi connectivity index (χ4v) is 4.65. The van der Waals surface area contributed by atoms with E-state index in [1.165, 1.54) is 70.0 Å². The van der Waals surface area contributed by atoms with Crippen LogP contribution in [0.1, 0.15) is 24.2 Å². The molecule has 0 aliphatic carbocycles. The van der Waals surface area contributed by atoms with E-state index in [0.717, 1.165) is 0 Å². The van der Waals surface area contributed by atoms with Gasteiger partial charge in [-0.2, -0.15) is 16.8 Å². The number of aromatic nitrogens is 4. The van der Waals surface area contributed by atoms with E-state index in [-0.39, 0.29) is 20.9 Å². The van der Waals surface area contributed by atoms with Gasteiger partial charge in [0.2, 0.25) is 0 Å². The molecule has 4 N–H and O–H groups in total. The van der Waals surface area contributed by atoms with Crippen LogP contribution in [0.2, 0.25) is 0 Å². The molecule has 0 bridgehead atoms. The molecule has 0 spiro atoms. The SMILES string of the molecule is O=c1cc(CCCCc2cc(=O)n(-c3ccc(S(=O)(=O)O)cc3)[nH]2)[nH]n1-c1ccc(S(=O)(=O)O)cc1. The third-order valence-electron chi connectivity index (χ3n) is 5.47. The number of nitrogens with one attached hydrogen (secondary N) is 2. The molecule has 0 saturated carbocycles. The molecule has 0 aliphatic heterocycles. The molecule has 0 unspecified atom stereocenters. The number of hydrogen-bond donors (Lipinski definition) is 4. The van der Waals surface area contributed by atoms with Crippen molar-refractivity contribution in [3.8, 4) is 11.4 Å². The van der Waals surface area contributed by atoms with E-state index in [4.69, 9.17) is 9.11 Å². The highest BCUT2D eigenvalue weighted by molar-refractivity contribution is 7.86. The van der Waals surface area contributed by atoms with Crippen molar-refractivity contribution in [2.75, 3.05) is 0 Å². The number of rotatable bonds is 9. The van der Waals surface area contributed by atoms with Crippen molar-refractivity contribution in [3.63, 3.8) is 0 Å². The number of unbranched alkanes of at least 4 members (excludes halogenated alkanes) is 1. The van der Waals surface area contributed by atoms with Crippen LogP contribution in [0.4, 0.5) is 0 Å². The van der Waals surface area contributed by atoms with Crippen molar-refractivity contribution >= 4 is 20.2 Å². The Hall–Kier alpha value is -3.72. The van der Waals surface area contributed by atoms with Crippen molar-refractivity contribution in [1.29, 1.82) is 0 Å². The topological polar surface area (TPSA) is 184 Å². The number of H-pyrrole nitrogens is 2. The lowest BCUT2D eigenvalue weighted by Crippen LogP contribution is -2.13. The Balaban J connectivity index is 1.36. The molecule has 4 aromatic rings. The summed E-state index contributed by atoms with van der Waals surface area (Å²) in [5, 5.41) is 5.95. The lowest BCUT2D eigenvalue weighted by atomic mass is 10.1. The van der Waals surface area contributed by atoms with Crippen LogP contribution in [0, 0.1) is 0 Å². The number of nitrogens with zero attached hydrogens (tertiary/aromatic N) is 2. The van der Waals surface area contributed by atoms with Crippen LogP contribution in [-0.4, -0.2) is 45.5 Å². The summed E-state index contributed by atoms with van der Waals surface area (Å²) in [5.41, 5.74) is 1.58. The molecule has 36 heavy (non-hydrogen) atoms. The number of aryl methyl sites for hydroxylation is 2. The molecule has 2 aromatic carbocycles. The summed E-state index contributed by atoms with van der Waals surface area (Å²) in [7, 11) is -8.64. The third-order valence-corrected chi connectivity index (χ3v) is 7.21. The van der Waals surface area contributed by atoms with Crippen LogP contribution in [0.3, 0.4) is 0 Å². The molecule has 190 valence electrons. The molecule has 14 heteroatoms. The fourth-order valence-electron chi connectivity index (χ4n) is 3.69. The van der Waals surface area contributed by atoms with Crippen LogP contribution in [0.25, 0.3) is 11.4 Å². The molecule has 0 aliphatic rings. The zero-order valence-corrected chi connectivity index (χ0v) is 20.3. The Morgan fingerprint density at radius 3 is 1.25 bits per heavy atom. The minimum Gasteiger partial charge on any atom is -0.295 e. The molecular weight excluding hydrogens is 512 g/mol. The highest BCUT2D eigenvalue weighted by Gasteiger charge is 2.12. The van der Waals surface area contributed by atoms with Crippen LogP contribution < -0.4 is 11.1 Å². The second-order valence-corrected chi connectivity index (χ2v) is 10.9.